The fraction of sp³-hybridized carbons (Fsp3) is 0.250. The van der Waals surface area contributed by atoms with Gasteiger partial charge in [0.1, 0.15) is 5.75 Å². The minimum atomic E-state index is -2.15. The predicted octanol–water partition coefficient (Wildman–Crippen LogP) is -1.67. The Morgan fingerprint density at radius 2 is 1.92 bits per heavy atom. The van der Waals surface area contributed by atoms with Gasteiger partial charge >= 0.3 is 29.6 Å². The molecule has 1 rings (SSSR count). The van der Waals surface area contributed by atoms with Crippen molar-refractivity contribution in [3.8, 4) is 5.75 Å². The van der Waals surface area contributed by atoms with Crippen LogP contribution in [0.15, 0.2) is 29.2 Å². The zero-order chi connectivity index (χ0) is 8.97. The van der Waals surface area contributed by atoms with Gasteiger partial charge < -0.3 is 9.29 Å². The molecule has 1 aromatic carbocycles. The van der Waals surface area contributed by atoms with Crippen molar-refractivity contribution in [3.63, 3.8) is 0 Å². The summed E-state index contributed by atoms with van der Waals surface area (Å²) in [5.41, 5.74) is 0. The number of ether oxygens (including phenoxy) is 1. The Labute approximate surface area is 102 Å². The van der Waals surface area contributed by atoms with Gasteiger partial charge in [-0.25, -0.2) is 0 Å². The standard InChI is InChI=1S/C8H10O3S.Na/c1-2-11-7-3-5-8(6-4-7)12(9)10;/h3-6H,2H2,1H3,(H,9,10);/q;+1/p-1. The van der Waals surface area contributed by atoms with E-state index in [4.69, 9.17) is 4.74 Å². The van der Waals surface area contributed by atoms with E-state index >= 15 is 0 Å². The predicted molar refractivity (Wildman–Crippen MR) is 44.8 cm³/mol. The molecule has 0 N–H and O–H groups in total. The van der Waals surface area contributed by atoms with Crippen LogP contribution in [0, 0.1) is 0 Å². The van der Waals surface area contributed by atoms with Gasteiger partial charge in [0.15, 0.2) is 0 Å². The molecular formula is C8H9NaO3S. The molecule has 0 heterocycles. The zero-order valence-electron chi connectivity index (χ0n) is 7.65. The molecule has 1 aromatic rings. The van der Waals surface area contributed by atoms with E-state index in [0.717, 1.165) is 0 Å². The molecule has 0 aliphatic rings. The quantitative estimate of drug-likeness (QED) is 0.441. The summed E-state index contributed by atoms with van der Waals surface area (Å²) in [6.07, 6.45) is 0. The summed E-state index contributed by atoms with van der Waals surface area (Å²) in [7, 11) is 0. The SMILES string of the molecule is CCOc1ccc(S(=O)[O-])cc1.[Na+]. The smallest absolute Gasteiger partial charge is 0.768 e. The number of hydrogen-bond acceptors (Lipinski definition) is 3. The van der Waals surface area contributed by atoms with E-state index in [1.165, 1.54) is 12.1 Å². The molecule has 5 heteroatoms. The van der Waals surface area contributed by atoms with Crippen LogP contribution in [-0.2, 0) is 11.1 Å². The van der Waals surface area contributed by atoms with Crippen molar-refractivity contribution in [1.29, 1.82) is 0 Å². The molecular weight excluding hydrogens is 199 g/mol. The van der Waals surface area contributed by atoms with Crippen molar-refractivity contribution in [2.45, 2.75) is 11.8 Å². The first-order chi connectivity index (χ1) is 5.74. The van der Waals surface area contributed by atoms with Gasteiger partial charge in [-0.15, -0.1) is 0 Å². The second-order valence-corrected chi connectivity index (χ2v) is 3.08. The van der Waals surface area contributed by atoms with Crippen LogP contribution < -0.4 is 34.3 Å². The molecule has 0 aliphatic carbocycles. The Hall–Kier alpha value is 0.130. The van der Waals surface area contributed by atoms with E-state index in [1.54, 1.807) is 12.1 Å². The normalized spacial score (nSPS) is 11.5. The van der Waals surface area contributed by atoms with Crippen molar-refractivity contribution in [3.05, 3.63) is 24.3 Å². The fourth-order valence-electron chi connectivity index (χ4n) is 0.814. The first-order valence-electron chi connectivity index (χ1n) is 3.56. The molecule has 0 spiro atoms. The largest absolute Gasteiger partial charge is 1.00 e. The third-order valence-electron chi connectivity index (χ3n) is 1.33. The first-order valence-corrected chi connectivity index (χ1v) is 4.63. The molecule has 13 heavy (non-hydrogen) atoms. The molecule has 0 amide bonds. The van der Waals surface area contributed by atoms with Crippen LogP contribution in [0.25, 0.3) is 0 Å². The maximum absolute atomic E-state index is 10.4. The monoisotopic (exact) mass is 208 g/mol. The fourth-order valence-corrected chi connectivity index (χ4v) is 1.17. The van der Waals surface area contributed by atoms with E-state index in [9.17, 15) is 8.76 Å². The van der Waals surface area contributed by atoms with Crippen molar-refractivity contribution in [2.24, 2.45) is 0 Å². The molecule has 1 atom stereocenters. The molecule has 1 unspecified atom stereocenters. The summed E-state index contributed by atoms with van der Waals surface area (Å²) in [5.74, 6) is 0.687. The Balaban J connectivity index is 0.00000144. The van der Waals surface area contributed by atoms with Crippen molar-refractivity contribution < 1.29 is 43.1 Å². The third-order valence-corrected chi connectivity index (χ3v) is 1.98. The zero-order valence-corrected chi connectivity index (χ0v) is 10.5. The van der Waals surface area contributed by atoms with Crippen molar-refractivity contribution in [1.82, 2.24) is 0 Å². The molecule has 0 saturated heterocycles. The summed E-state index contributed by atoms with van der Waals surface area (Å²) in [6, 6.07) is 6.28. The third kappa shape index (κ3) is 4.24. The average Bonchev–Trinajstić information content (AvgIpc) is 2.06. The van der Waals surface area contributed by atoms with Crippen LogP contribution in [0.4, 0.5) is 0 Å². The maximum atomic E-state index is 10.4. The van der Waals surface area contributed by atoms with Crippen LogP contribution in [0.2, 0.25) is 0 Å². The van der Waals surface area contributed by atoms with Crippen molar-refractivity contribution in [2.75, 3.05) is 6.61 Å². The number of hydrogen-bond donors (Lipinski definition) is 0. The summed E-state index contributed by atoms with van der Waals surface area (Å²) < 4.78 is 26.0. The van der Waals surface area contributed by atoms with Gasteiger partial charge in [0, 0.05) is 4.90 Å². The van der Waals surface area contributed by atoms with Crippen LogP contribution >= 0.6 is 0 Å². The van der Waals surface area contributed by atoms with Gasteiger partial charge in [-0.05, 0) is 42.3 Å². The molecule has 0 bridgehead atoms. The number of rotatable bonds is 3. The van der Waals surface area contributed by atoms with E-state index in [0.29, 0.717) is 12.4 Å². The molecule has 0 aliphatic heterocycles. The molecule has 0 aromatic heterocycles. The minimum Gasteiger partial charge on any atom is -0.768 e. The summed E-state index contributed by atoms with van der Waals surface area (Å²) in [4.78, 5) is 0.276. The van der Waals surface area contributed by atoms with Crippen LogP contribution in [-0.4, -0.2) is 15.4 Å². The molecule has 0 radical (unpaired) electrons. The Bertz CT molecular complexity index is 273. The molecule has 0 saturated carbocycles. The number of benzene rings is 1. The van der Waals surface area contributed by atoms with E-state index in [1.807, 2.05) is 6.92 Å². The van der Waals surface area contributed by atoms with Crippen LogP contribution in [0.5, 0.6) is 5.75 Å². The molecule has 3 nitrogen and oxygen atoms in total. The Kier molecular flexibility index (Phi) is 6.63. The van der Waals surface area contributed by atoms with E-state index < -0.39 is 11.1 Å². The van der Waals surface area contributed by atoms with Gasteiger partial charge in [0.05, 0.1) is 6.61 Å². The molecule has 66 valence electrons. The first kappa shape index (κ1) is 13.1. The van der Waals surface area contributed by atoms with Gasteiger partial charge in [0.2, 0.25) is 0 Å². The van der Waals surface area contributed by atoms with Gasteiger partial charge in [-0.1, -0.05) is 0 Å². The molecule has 0 fully saturated rings. The average molecular weight is 208 g/mol. The summed E-state index contributed by atoms with van der Waals surface area (Å²) in [5, 5.41) is 0. The van der Waals surface area contributed by atoms with E-state index in [-0.39, 0.29) is 34.5 Å². The second kappa shape index (κ2) is 6.56. The Morgan fingerprint density at radius 1 is 1.38 bits per heavy atom. The van der Waals surface area contributed by atoms with Gasteiger partial charge in [-0.3, -0.25) is 4.21 Å². The van der Waals surface area contributed by atoms with Crippen molar-refractivity contribution >= 4 is 11.1 Å². The van der Waals surface area contributed by atoms with Gasteiger partial charge in [0.25, 0.3) is 0 Å². The van der Waals surface area contributed by atoms with Gasteiger partial charge in [-0.2, -0.15) is 0 Å². The summed E-state index contributed by atoms with van der Waals surface area (Å²) >= 11 is -2.15. The van der Waals surface area contributed by atoms with Crippen LogP contribution in [0.1, 0.15) is 6.92 Å². The Morgan fingerprint density at radius 3 is 2.31 bits per heavy atom. The minimum absolute atomic E-state index is 0. The topological polar surface area (TPSA) is 49.4 Å². The van der Waals surface area contributed by atoms with Crippen LogP contribution in [0.3, 0.4) is 0 Å². The van der Waals surface area contributed by atoms with E-state index in [2.05, 4.69) is 0 Å². The second-order valence-electron chi connectivity index (χ2n) is 2.14. The maximum Gasteiger partial charge on any atom is 1.00 e. The summed E-state index contributed by atoms with van der Waals surface area (Å²) in [6.45, 7) is 2.46.